The summed E-state index contributed by atoms with van der Waals surface area (Å²) in [4.78, 5) is 33.2. The highest BCUT2D eigenvalue weighted by Crippen LogP contribution is 2.33. The van der Waals surface area contributed by atoms with Gasteiger partial charge in [0.2, 0.25) is 0 Å². The van der Waals surface area contributed by atoms with Gasteiger partial charge in [0.1, 0.15) is 5.78 Å². The zero-order valence-electron chi connectivity index (χ0n) is 12.1. The van der Waals surface area contributed by atoms with Gasteiger partial charge in [-0.05, 0) is 38.2 Å². The maximum Gasteiger partial charge on any atom is 0.303 e. The number of hydrogen-bond donors (Lipinski definition) is 1. The van der Waals surface area contributed by atoms with Gasteiger partial charge in [-0.25, -0.2) is 0 Å². The van der Waals surface area contributed by atoms with Gasteiger partial charge in [-0.1, -0.05) is 25.3 Å². The molecule has 0 aromatic rings. The predicted molar refractivity (Wildman–Crippen MR) is 76.4 cm³/mol. The van der Waals surface area contributed by atoms with E-state index in [-0.39, 0.29) is 24.0 Å². The Hall–Kier alpha value is -1.45. The number of Topliss-reactive ketones (excluding diaryl/α,β-unsaturated/α-hetero) is 1. The Labute approximate surface area is 120 Å². The Morgan fingerprint density at radius 2 is 1.95 bits per heavy atom. The quantitative estimate of drug-likeness (QED) is 0.520. The molecule has 0 saturated heterocycles. The zero-order valence-corrected chi connectivity index (χ0v) is 12.1. The van der Waals surface area contributed by atoms with Crippen molar-refractivity contribution in [2.75, 3.05) is 0 Å². The molecule has 0 aromatic heterocycles. The average Bonchev–Trinajstić information content (AvgIpc) is 2.72. The first-order valence-corrected chi connectivity index (χ1v) is 7.44. The van der Waals surface area contributed by atoms with Crippen molar-refractivity contribution in [3.8, 4) is 0 Å². The van der Waals surface area contributed by atoms with Crippen molar-refractivity contribution in [2.45, 2.75) is 58.3 Å². The summed E-state index contributed by atoms with van der Waals surface area (Å²) in [5.74, 6) is -0.133. The number of unbranched alkanes of at least 4 members (excludes halogenated alkanes) is 3. The molecule has 1 aliphatic carbocycles. The summed E-state index contributed by atoms with van der Waals surface area (Å²) in [6.45, 7) is 1.52. The molecule has 2 atom stereocenters. The fraction of sp³-hybridized carbons (Fsp3) is 0.688. The number of carbonyl (C=O) groups is 3. The standard InChI is InChI=1S/C16H24O4/c1-12(17)8-9-13-10-11-15(18)14(13)6-4-2-3-5-7-16(19)20/h8-9,13-14H,2-7,10-11H2,1H3,(H,19,20)/b9-8+/t13-,14+/m0/s1. The monoisotopic (exact) mass is 280 g/mol. The van der Waals surface area contributed by atoms with Crippen molar-refractivity contribution < 1.29 is 19.5 Å². The Kier molecular flexibility index (Phi) is 7.20. The van der Waals surface area contributed by atoms with E-state index in [0.717, 1.165) is 32.1 Å². The lowest BCUT2D eigenvalue weighted by molar-refractivity contribution is -0.137. The second-order valence-corrected chi connectivity index (χ2v) is 5.59. The van der Waals surface area contributed by atoms with E-state index in [2.05, 4.69) is 0 Å². The van der Waals surface area contributed by atoms with E-state index in [9.17, 15) is 14.4 Å². The van der Waals surface area contributed by atoms with Crippen molar-refractivity contribution in [2.24, 2.45) is 11.8 Å². The number of ketones is 2. The van der Waals surface area contributed by atoms with E-state index in [1.807, 2.05) is 6.08 Å². The number of rotatable bonds is 9. The molecule has 20 heavy (non-hydrogen) atoms. The first kappa shape index (κ1) is 16.6. The minimum absolute atomic E-state index is 0.0248. The number of carbonyl (C=O) groups excluding carboxylic acids is 2. The lowest BCUT2D eigenvalue weighted by Gasteiger charge is -2.14. The molecule has 4 nitrogen and oxygen atoms in total. The maximum absolute atomic E-state index is 11.8. The minimum atomic E-state index is -0.745. The largest absolute Gasteiger partial charge is 0.481 e. The van der Waals surface area contributed by atoms with Crippen LogP contribution in [0.1, 0.15) is 58.3 Å². The van der Waals surface area contributed by atoms with Crippen LogP contribution in [0.25, 0.3) is 0 Å². The Balaban J connectivity index is 2.27. The van der Waals surface area contributed by atoms with Crippen molar-refractivity contribution in [3.63, 3.8) is 0 Å². The first-order valence-electron chi connectivity index (χ1n) is 7.44. The van der Waals surface area contributed by atoms with Gasteiger partial charge >= 0.3 is 5.97 Å². The normalized spacial score (nSPS) is 22.6. The van der Waals surface area contributed by atoms with E-state index in [1.54, 1.807) is 6.08 Å². The molecule has 4 heteroatoms. The molecule has 1 rings (SSSR count). The second kappa shape index (κ2) is 8.67. The van der Waals surface area contributed by atoms with Crippen LogP contribution in [0.15, 0.2) is 12.2 Å². The van der Waals surface area contributed by atoms with Gasteiger partial charge < -0.3 is 5.11 Å². The number of carboxylic acid groups (broad SMARTS) is 1. The van der Waals surface area contributed by atoms with Crippen LogP contribution in [-0.4, -0.2) is 22.6 Å². The van der Waals surface area contributed by atoms with Gasteiger partial charge in [-0.3, -0.25) is 14.4 Å². The fourth-order valence-electron chi connectivity index (χ4n) is 2.79. The number of allylic oxidation sites excluding steroid dienone is 2. The molecule has 0 aromatic carbocycles. The predicted octanol–water partition coefficient (Wildman–Crippen LogP) is 3.15. The molecule has 1 aliphatic rings. The van der Waals surface area contributed by atoms with Crippen LogP contribution >= 0.6 is 0 Å². The maximum atomic E-state index is 11.8. The molecule has 0 unspecified atom stereocenters. The molecule has 0 amide bonds. The molecule has 112 valence electrons. The molecule has 1 fully saturated rings. The van der Waals surface area contributed by atoms with Gasteiger partial charge in [-0.15, -0.1) is 0 Å². The second-order valence-electron chi connectivity index (χ2n) is 5.59. The number of hydrogen-bond acceptors (Lipinski definition) is 3. The van der Waals surface area contributed by atoms with Gasteiger partial charge in [0, 0.05) is 18.8 Å². The highest BCUT2D eigenvalue weighted by molar-refractivity contribution is 5.88. The van der Waals surface area contributed by atoms with E-state index in [1.165, 1.54) is 6.92 Å². The van der Waals surface area contributed by atoms with E-state index < -0.39 is 5.97 Å². The summed E-state index contributed by atoms with van der Waals surface area (Å²) in [6.07, 6.45) is 9.57. The van der Waals surface area contributed by atoms with Crippen molar-refractivity contribution in [1.82, 2.24) is 0 Å². The van der Waals surface area contributed by atoms with Gasteiger partial charge in [0.15, 0.2) is 5.78 Å². The van der Waals surface area contributed by atoms with Crippen LogP contribution in [0.4, 0.5) is 0 Å². The topological polar surface area (TPSA) is 71.4 Å². The average molecular weight is 280 g/mol. The summed E-state index contributed by atoms with van der Waals surface area (Å²) in [5, 5.41) is 8.54. The van der Waals surface area contributed by atoms with E-state index in [4.69, 9.17) is 5.11 Å². The third-order valence-corrected chi connectivity index (χ3v) is 3.89. The van der Waals surface area contributed by atoms with Crippen molar-refractivity contribution in [1.29, 1.82) is 0 Å². The Morgan fingerprint density at radius 1 is 1.25 bits per heavy atom. The van der Waals surface area contributed by atoms with E-state index in [0.29, 0.717) is 18.6 Å². The summed E-state index contributed by atoms with van der Waals surface area (Å²) in [6, 6.07) is 0. The third-order valence-electron chi connectivity index (χ3n) is 3.89. The van der Waals surface area contributed by atoms with Crippen molar-refractivity contribution in [3.05, 3.63) is 12.2 Å². The summed E-state index contributed by atoms with van der Waals surface area (Å²) < 4.78 is 0. The molecule has 1 saturated carbocycles. The molecule has 0 radical (unpaired) electrons. The van der Waals surface area contributed by atoms with Gasteiger partial charge in [0.25, 0.3) is 0 Å². The molecule has 0 spiro atoms. The van der Waals surface area contributed by atoms with Crippen LogP contribution in [-0.2, 0) is 14.4 Å². The van der Waals surface area contributed by atoms with Gasteiger partial charge in [-0.2, -0.15) is 0 Å². The fourth-order valence-corrected chi connectivity index (χ4v) is 2.79. The van der Waals surface area contributed by atoms with Gasteiger partial charge in [0.05, 0.1) is 0 Å². The van der Waals surface area contributed by atoms with Crippen LogP contribution in [0, 0.1) is 11.8 Å². The molecule has 0 bridgehead atoms. The van der Waals surface area contributed by atoms with Crippen LogP contribution < -0.4 is 0 Å². The lowest BCUT2D eigenvalue weighted by atomic mass is 9.89. The van der Waals surface area contributed by atoms with Crippen LogP contribution in [0.5, 0.6) is 0 Å². The minimum Gasteiger partial charge on any atom is -0.481 e. The molecular formula is C16H24O4. The van der Waals surface area contributed by atoms with Crippen LogP contribution in [0.2, 0.25) is 0 Å². The van der Waals surface area contributed by atoms with Crippen molar-refractivity contribution >= 4 is 17.5 Å². The van der Waals surface area contributed by atoms with Crippen LogP contribution in [0.3, 0.4) is 0 Å². The highest BCUT2D eigenvalue weighted by Gasteiger charge is 2.32. The Bertz CT molecular complexity index is 384. The highest BCUT2D eigenvalue weighted by atomic mass is 16.4. The lowest BCUT2D eigenvalue weighted by Crippen LogP contribution is -2.13. The number of aliphatic carboxylic acids is 1. The molecule has 1 N–H and O–H groups in total. The third kappa shape index (κ3) is 6.13. The molecule has 0 heterocycles. The van der Waals surface area contributed by atoms with E-state index >= 15 is 0 Å². The first-order chi connectivity index (χ1) is 9.50. The zero-order chi connectivity index (χ0) is 15.0. The number of carboxylic acids is 1. The molecular weight excluding hydrogens is 256 g/mol. The smallest absolute Gasteiger partial charge is 0.303 e. The summed E-state index contributed by atoms with van der Waals surface area (Å²) in [5.41, 5.74) is 0. The Morgan fingerprint density at radius 3 is 2.60 bits per heavy atom. The summed E-state index contributed by atoms with van der Waals surface area (Å²) >= 11 is 0. The summed E-state index contributed by atoms with van der Waals surface area (Å²) in [7, 11) is 0. The molecule has 0 aliphatic heterocycles. The SMILES string of the molecule is CC(=O)/C=C/[C@H]1CCC(=O)[C@@H]1CCCCCCC(=O)O.